The van der Waals surface area contributed by atoms with Gasteiger partial charge in [-0.2, -0.15) is 0 Å². The summed E-state index contributed by atoms with van der Waals surface area (Å²) in [5, 5.41) is 2.88. The number of carbonyl (C=O) groups excluding carboxylic acids is 1. The van der Waals surface area contributed by atoms with E-state index in [2.05, 4.69) is 10.3 Å². The average molecular weight is 219 g/mol. The molecule has 0 atom stereocenters. The summed E-state index contributed by atoms with van der Waals surface area (Å²) in [6.45, 7) is 0.734. The van der Waals surface area contributed by atoms with Crippen molar-refractivity contribution >= 4 is 11.7 Å². The molecule has 1 amide bonds. The smallest absolute Gasteiger partial charge is 0.255 e. The number of nitrogens with one attached hydrogen (secondary N) is 1. The van der Waals surface area contributed by atoms with Gasteiger partial charge in [0.15, 0.2) is 0 Å². The van der Waals surface area contributed by atoms with Gasteiger partial charge in [-0.15, -0.1) is 0 Å². The van der Waals surface area contributed by atoms with E-state index < -0.39 is 0 Å². The van der Waals surface area contributed by atoms with E-state index in [0.29, 0.717) is 11.4 Å². The number of aromatic nitrogens is 1. The largest absolute Gasteiger partial charge is 0.383 e. The molecule has 4 nitrogen and oxygen atoms in total. The highest BCUT2D eigenvalue weighted by molar-refractivity contribution is 5.98. The third kappa shape index (κ3) is 2.51. The minimum Gasteiger partial charge on any atom is -0.383 e. The molecule has 3 N–H and O–H groups in total. The van der Waals surface area contributed by atoms with Gasteiger partial charge in [0, 0.05) is 12.7 Å². The van der Waals surface area contributed by atoms with Gasteiger partial charge in [-0.25, -0.2) is 4.98 Å². The van der Waals surface area contributed by atoms with E-state index in [-0.39, 0.29) is 5.91 Å². The van der Waals surface area contributed by atoms with Crippen LogP contribution in [0.25, 0.3) is 0 Å². The number of nitrogens with zero attached hydrogens (tertiary/aromatic N) is 1. The zero-order valence-electron chi connectivity index (χ0n) is 9.28. The van der Waals surface area contributed by atoms with E-state index in [9.17, 15) is 4.79 Å². The van der Waals surface area contributed by atoms with Gasteiger partial charge in [-0.3, -0.25) is 4.79 Å². The average Bonchev–Trinajstić information content (AvgIpc) is 2.22. The molecule has 0 saturated heterocycles. The normalized spacial score (nSPS) is 15.5. The topological polar surface area (TPSA) is 68.0 Å². The van der Waals surface area contributed by atoms with E-state index in [4.69, 9.17) is 5.73 Å². The maximum absolute atomic E-state index is 11.7. The molecule has 4 heteroatoms. The number of anilines is 1. The molecule has 86 valence electrons. The SMILES string of the molecule is Nc1ncccc1C(=O)NCCC1CCC1. The minimum absolute atomic E-state index is 0.120. The monoisotopic (exact) mass is 219 g/mol. The summed E-state index contributed by atoms with van der Waals surface area (Å²) in [5.74, 6) is 0.986. The molecule has 0 aromatic carbocycles. The van der Waals surface area contributed by atoms with Crippen molar-refractivity contribution in [3.05, 3.63) is 23.9 Å². The van der Waals surface area contributed by atoms with Crippen molar-refractivity contribution in [3.63, 3.8) is 0 Å². The molecule has 0 unspecified atom stereocenters. The first-order chi connectivity index (χ1) is 7.77. The summed E-state index contributed by atoms with van der Waals surface area (Å²) < 4.78 is 0. The Morgan fingerprint density at radius 3 is 3.00 bits per heavy atom. The number of pyridine rings is 1. The van der Waals surface area contributed by atoms with Crippen LogP contribution in [-0.2, 0) is 0 Å². The van der Waals surface area contributed by atoms with Gasteiger partial charge >= 0.3 is 0 Å². The fraction of sp³-hybridized carbons (Fsp3) is 0.500. The Hall–Kier alpha value is -1.58. The zero-order valence-corrected chi connectivity index (χ0v) is 9.28. The summed E-state index contributed by atoms with van der Waals surface area (Å²) in [7, 11) is 0. The molecular weight excluding hydrogens is 202 g/mol. The zero-order chi connectivity index (χ0) is 11.4. The first-order valence-electron chi connectivity index (χ1n) is 5.76. The third-order valence-electron chi connectivity index (χ3n) is 3.15. The van der Waals surface area contributed by atoms with Crippen molar-refractivity contribution in [1.82, 2.24) is 10.3 Å². The Morgan fingerprint density at radius 2 is 2.38 bits per heavy atom. The molecule has 1 aromatic rings. The van der Waals surface area contributed by atoms with Crippen molar-refractivity contribution in [2.24, 2.45) is 5.92 Å². The highest BCUT2D eigenvalue weighted by Gasteiger charge is 2.17. The van der Waals surface area contributed by atoms with Crippen LogP contribution < -0.4 is 11.1 Å². The molecule has 0 aliphatic heterocycles. The van der Waals surface area contributed by atoms with Crippen molar-refractivity contribution in [3.8, 4) is 0 Å². The van der Waals surface area contributed by atoms with Crippen LogP contribution in [0.5, 0.6) is 0 Å². The van der Waals surface area contributed by atoms with E-state index in [1.165, 1.54) is 19.3 Å². The first kappa shape index (κ1) is 10.9. The van der Waals surface area contributed by atoms with Crippen molar-refractivity contribution in [2.75, 3.05) is 12.3 Å². The molecule has 2 rings (SSSR count). The second kappa shape index (κ2) is 4.96. The number of carbonyl (C=O) groups is 1. The van der Waals surface area contributed by atoms with Crippen LogP contribution in [0.15, 0.2) is 18.3 Å². The van der Waals surface area contributed by atoms with Crippen LogP contribution in [0.3, 0.4) is 0 Å². The fourth-order valence-electron chi connectivity index (χ4n) is 1.88. The van der Waals surface area contributed by atoms with Gasteiger partial charge in [0.1, 0.15) is 5.82 Å². The summed E-state index contributed by atoms with van der Waals surface area (Å²) in [4.78, 5) is 15.6. The maximum Gasteiger partial charge on any atom is 0.255 e. The predicted molar refractivity (Wildman–Crippen MR) is 62.9 cm³/mol. The lowest BCUT2D eigenvalue weighted by Crippen LogP contribution is -2.28. The van der Waals surface area contributed by atoms with Crippen LogP contribution in [-0.4, -0.2) is 17.4 Å². The van der Waals surface area contributed by atoms with Crippen LogP contribution in [0, 0.1) is 5.92 Å². The molecule has 1 saturated carbocycles. The van der Waals surface area contributed by atoms with Gasteiger partial charge in [-0.1, -0.05) is 19.3 Å². The van der Waals surface area contributed by atoms with Crippen molar-refractivity contribution in [2.45, 2.75) is 25.7 Å². The summed E-state index contributed by atoms with van der Waals surface area (Å²) in [6, 6.07) is 3.41. The molecule has 0 spiro atoms. The Balaban J connectivity index is 1.81. The van der Waals surface area contributed by atoms with E-state index in [1.54, 1.807) is 18.3 Å². The third-order valence-corrected chi connectivity index (χ3v) is 3.15. The minimum atomic E-state index is -0.120. The highest BCUT2D eigenvalue weighted by atomic mass is 16.1. The summed E-state index contributed by atoms with van der Waals surface area (Å²) in [5.41, 5.74) is 6.09. The molecule has 1 fully saturated rings. The second-order valence-corrected chi connectivity index (χ2v) is 4.28. The predicted octanol–water partition coefficient (Wildman–Crippen LogP) is 1.58. The number of hydrogen-bond acceptors (Lipinski definition) is 3. The number of rotatable bonds is 4. The Morgan fingerprint density at radius 1 is 1.56 bits per heavy atom. The van der Waals surface area contributed by atoms with Gasteiger partial charge in [0.2, 0.25) is 0 Å². The molecule has 1 aliphatic rings. The first-order valence-corrected chi connectivity index (χ1v) is 5.76. The number of hydrogen-bond donors (Lipinski definition) is 2. The Labute approximate surface area is 95.3 Å². The summed E-state index contributed by atoms with van der Waals surface area (Å²) in [6.07, 6.45) is 6.62. The lowest BCUT2D eigenvalue weighted by Gasteiger charge is -2.25. The van der Waals surface area contributed by atoms with Crippen LogP contribution in [0.4, 0.5) is 5.82 Å². The van der Waals surface area contributed by atoms with E-state index in [0.717, 1.165) is 18.9 Å². The summed E-state index contributed by atoms with van der Waals surface area (Å²) >= 11 is 0. The molecule has 16 heavy (non-hydrogen) atoms. The fourth-order valence-corrected chi connectivity index (χ4v) is 1.88. The molecule has 1 aromatic heterocycles. The Kier molecular flexibility index (Phi) is 3.39. The molecule has 1 heterocycles. The van der Waals surface area contributed by atoms with Crippen LogP contribution >= 0.6 is 0 Å². The van der Waals surface area contributed by atoms with Gasteiger partial charge in [-0.05, 0) is 24.5 Å². The van der Waals surface area contributed by atoms with Gasteiger partial charge in [0.25, 0.3) is 5.91 Å². The number of nitrogen functional groups attached to an aromatic ring is 1. The van der Waals surface area contributed by atoms with Crippen molar-refractivity contribution in [1.29, 1.82) is 0 Å². The Bertz CT molecular complexity index is 374. The van der Waals surface area contributed by atoms with Crippen LogP contribution in [0.1, 0.15) is 36.0 Å². The van der Waals surface area contributed by atoms with Gasteiger partial charge in [0.05, 0.1) is 5.56 Å². The number of amides is 1. The van der Waals surface area contributed by atoms with Crippen LogP contribution in [0.2, 0.25) is 0 Å². The highest BCUT2D eigenvalue weighted by Crippen LogP contribution is 2.28. The van der Waals surface area contributed by atoms with Crippen molar-refractivity contribution < 1.29 is 4.79 Å². The lowest BCUT2D eigenvalue weighted by molar-refractivity contribution is 0.0949. The van der Waals surface area contributed by atoms with E-state index >= 15 is 0 Å². The molecule has 1 aliphatic carbocycles. The molecular formula is C12H17N3O. The standard InChI is InChI=1S/C12H17N3O/c13-11-10(5-2-7-14-11)12(16)15-8-6-9-3-1-4-9/h2,5,7,9H,1,3-4,6,8H2,(H2,13,14)(H,15,16). The second-order valence-electron chi connectivity index (χ2n) is 4.28. The maximum atomic E-state index is 11.7. The lowest BCUT2D eigenvalue weighted by atomic mass is 9.83. The van der Waals surface area contributed by atoms with E-state index in [1.807, 2.05) is 0 Å². The molecule has 0 bridgehead atoms. The quantitative estimate of drug-likeness (QED) is 0.808. The molecule has 0 radical (unpaired) electrons. The number of nitrogens with two attached hydrogens (primary N) is 1. The van der Waals surface area contributed by atoms with Gasteiger partial charge < -0.3 is 11.1 Å².